The fourth-order valence-corrected chi connectivity index (χ4v) is 2.52. The Balaban J connectivity index is 2.17. The minimum absolute atomic E-state index is 0.505. The molecular weight excluding hydrogens is 170 g/mol. The molecule has 1 aromatic rings. The first-order valence-electron chi connectivity index (χ1n) is 4.05. The molecule has 0 radical (unpaired) electrons. The highest BCUT2D eigenvalue weighted by Gasteiger charge is 2.19. The molecule has 12 heavy (non-hydrogen) atoms. The number of anilines is 1. The summed E-state index contributed by atoms with van der Waals surface area (Å²) >= 11 is 1.94. The van der Waals surface area contributed by atoms with E-state index in [0.717, 1.165) is 5.82 Å². The van der Waals surface area contributed by atoms with Crippen LogP contribution in [0.4, 0.5) is 5.69 Å². The first-order valence-corrected chi connectivity index (χ1v) is 5.10. The van der Waals surface area contributed by atoms with E-state index < -0.39 is 0 Å². The van der Waals surface area contributed by atoms with E-state index >= 15 is 0 Å². The highest BCUT2D eigenvalue weighted by atomic mass is 32.2. The minimum atomic E-state index is 0.505. The summed E-state index contributed by atoms with van der Waals surface area (Å²) in [5.41, 5.74) is 6.13. The summed E-state index contributed by atoms with van der Waals surface area (Å²) < 4.78 is 0. The van der Waals surface area contributed by atoms with Crippen molar-refractivity contribution in [2.24, 2.45) is 0 Å². The average Bonchev–Trinajstić information content (AvgIpc) is 2.58. The second-order valence-corrected chi connectivity index (χ2v) is 4.19. The monoisotopic (exact) mass is 181 g/mol. The highest BCUT2D eigenvalue weighted by Crippen LogP contribution is 2.37. The molecule has 1 aliphatic heterocycles. The van der Waals surface area contributed by atoms with Crippen LogP contribution in [0.15, 0.2) is 12.4 Å². The molecule has 2 rings (SSSR count). The minimum Gasteiger partial charge on any atom is -0.396 e. The largest absolute Gasteiger partial charge is 0.396 e. The van der Waals surface area contributed by atoms with E-state index in [0.29, 0.717) is 10.9 Å². The van der Waals surface area contributed by atoms with E-state index in [1.165, 1.54) is 18.6 Å². The van der Waals surface area contributed by atoms with Crippen molar-refractivity contribution in [3.8, 4) is 0 Å². The average molecular weight is 181 g/mol. The Morgan fingerprint density at radius 2 is 2.17 bits per heavy atom. The van der Waals surface area contributed by atoms with Crippen LogP contribution in [0.2, 0.25) is 0 Å². The number of thioether (sulfide) groups is 1. The first kappa shape index (κ1) is 7.86. The van der Waals surface area contributed by atoms with Crippen LogP contribution in [0.25, 0.3) is 0 Å². The van der Waals surface area contributed by atoms with Crippen LogP contribution in [0.1, 0.15) is 23.9 Å². The van der Waals surface area contributed by atoms with E-state index in [4.69, 9.17) is 5.73 Å². The summed E-state index contributed by atoms with van der Waals surface area (Å²) in [5.74, 6) is 2.17. The number of nitrogens with two attached hydrogens (primary N) is 1. The van der Waals surface area contributed by atoms with Gasteiger partial charge in [-0.15, -0.1) is 0 Å². The number of rotatable bonds is 1. The molecule has 1 fully saturated rings. The van der Waals surface area contributed by atoms with Gasteiger partial charge in [-0.05, 0) is 18.6 Å². The number of nitrogens with zero attached hydrogens (tertiary/aromatic N) is 2. The van der Waals surface area contributed by atoms with Gasteiger partial charge in [0.05, 0.1) is 23.3 Å². The summed E-state index contributed by atoms with van der Waals surface area (Å²) in [6.45, 7) is 0. The molecule has 0 saturated carbocycles. The van der Waals surface area contributed by atoms with Crippen LogP contribution in [-0.4, -0.2) is 15.7 Å². The molecule has 1 saturated heterocycles. The predicted molar refractivity (Wildman–Crippen MR) is 50.9 cm³/mol. The van der Waals surface area contributed by atoms with Crippen LogP contribution >= 0.6 is 11.8 Å². The molecule has 1 aliphatic rings. The third kappa shape index (κ3) is 1.53. The fraction of sp³-hybridized carbons (Fsp3) is 0.500. The Morgan fingerprint density at radius 1 is 1.42 bits per heavy atom. The van der Waals surface area contributed by atoms with Crippen molar-refractivity contribution >= 4 is 17.4 Å². The third-order valence-corrected chi connectivity index (χ3v) is 3.28. The molecule has 0 spiro atoms. The molecule has 0 bridgehead atoms. The van der Waals surface area contributed by atoms with E-state index in [1.54, 1.807) is 12.4 Å². The molecule has 1 aromatic heterocycles. The lowest BCUT2D eigenvalue weighted by Gasteiger charge is -2.05. The van der Waals surface area contributed by atoms with E-state index in [-0.39, 0.29) is 0 Å². The van der Waals surface area contributed by atoms with Gasteiger partial charge in [0.15, 0.2) is 0 Å². The van der Waals surface area contributed by atoms with Gasteiger partial charge in [0.2, 0.25) is 0 Å². The van der Waals surface area contributed by atoms with Gasteiger partial charge in [0, 0.05) is 0 Å². The van der Waals surface area contributed by atoms with Crippen molar-refractivity contribution in [3.05, 3.63) is 18.2 Å². The lowest BCUT2D eigenvalue weighted by atomic mass is 10.2. The highest BCUT2D eigenvalue weighted by molar-refractivity contribution is 7.99. The summed E-state index contributed by atoms with van der Waals surface area (Å²) in [6.07, 6.45) is 5.85. The molecule has 0 amide bonds. The van der Waals surface area contributed by atoms with Gasteiger partial charge in [0.25, 0.3) is 0 Å². The normalized spacial score (nSPS) is 22.8. The SMILES string of the molecule is Nc1cnc(C2CCCS2)nc1. The lowest BCUT2D eigenvalue weighted by Crippen LogP contribution is -1.98. The Bertz CT molecular complexity index is 254. The van der Waals surface area contributed by atoms with Crippen molar-refractivity contribution in [2.75, 3.05) is 11.5 Å². The van der Waals surface area contributed by atoms with Gasteiger partial charge in [-0.1, -0.05) is 0 Å². The van der Waals surface area contributed by atoms with E-state index in [2.05, 4.69) is 9.97 Å². The van der Waals surface area contributed by atoms with Crippen molar-refractivity contribution in [3.63, 3.8) is 0 Å². The Labute approximate surface area is 75.8 Å². The van der Waals surface area contributed by atoms with Gasteiger partial charge in [-0.3, -0.25) is 0 Å². The molecule has 3 nitrogen and oxygen atoms in total. The smallest absolute Gasteiger partial charge is 0.141 e. The van der Waals surface area contributed by atoms with Gasteiger partial charge < -0.3 is 5.73 Å². The van der Waals surface area contributed by atoms with E-state index in [1.807, 2.05) is 11.8 Å². The van der Waals surface area contributed by atoms with Crippen LogP contribution < -0.4 is 5.73 Å². The fourth-order valence-electron chi connectivity index (χ4n) is 1.30. The maximum absolute atomic E-state index is 5.49. The van der Waals surface area contributed by atoms with Crippen molar-refractivity contribution in [1.29, 1.82) is 0 Å². The van der Waals surface area contributed by atoms with Gasteiger partial charge in [-0.25, -0.2) is 9.97 Å². The van der Waals surface area contributed by atoms with Gasteiger partial charge in [-0.2, -0.15) is 11.8 Å². The van der Waals surface area contributed by atoms with Crippen LogP contribution in [0, 0.1) is 0 Å². The van der Waals surface area contributed by atoms with Crippen LogP contribution in [0.5, 0.6) is 0 Å². The van der Waals surface area contributed by atoms with Crippen molar-refractivity contribution < 1.29 is 0 Å². The zero-order valence-corrected chi connectivity index (χ0v) is 7.55. The van der Waals surface area contributed by atoms with Crippen molar-refractivity contribution in [1.82, 2.24) is 9.97 Å². The molecular formula is C8H11N3S. The molecule has 1 unspecified atom stereocenters. The molecule has 0 aromatic carbocycles. The summed E-state index contributed by atoms with van der Waals surface area (Å²) in [4.78, 5) is 8.41. The summed E-state index contributed by atoms with van der Waals surface area (Å²) in [5, 5.41) is 0.505. The summed E-state index contributed by atoms with van der Waals surface area (Å²) in [6, 6.07) is 0. The predicted octanol–water partition coefficient (Wildman–Crippen LogP) is 1.63. The Hall–Kier alpha value is -0.770. The van der Waals surface area contributed by atoms with Gasteiger partial charge in [0.1, 0.15) is 5.82 Å². The van der Waals surface area contributed by atoms with Gasteiger partial charge >= 0.3 is 0 Å². The maximum atomic E-state index is 5.49. The molecule has 64 valence electrons. The lowest BCUT2D eigenvalue weighted by molar-refractivity contribution is 0.777. The molecule has 2 N–H and O–H groups in total. The maximum Gasteiger partial charge on any atom is 0.141 e. The van der Waals surface area contributed by atoms with E-state index in [9.17, 15) is 0 Å². The third-order valence-electron chi connectivity index (χ3n) is 1.91. The standard InChI is InChI=1S/C8H11N3S/c9-6-4-10-8(11-5-6)7-2-1-3-12-7/h4-5,7H,1-3,9H2. The molecule has 1 atom stereocenters. The second kappa shape index (κ2) is 3.31. The molecule has 2 heterocycles. The topological polar surface area (TPSA) is 51.8 Å². The van der Waals surface area contributed by atoms with Crippen LogP contribution in [0.3, 0.4) is 0 Å². The second-order valence-electron chi connectivity index (χ2n) is 2.88. The summed E-state index contributed by atoms with van der Waals surface area (Å²) in [7, 11) is 0. The quantitative estimate of drug-likeness (QED) is 0.715. The Morgan fingerprint density at radius 3 is 2.75 bits per heavy atom. The first-order chi connectivity index (χ1) is 5.86. The number of hydrogen-bond donors (Lipinski definition) is 1. The number of aromatic nitrogens is 2. The number of hydrogen-bond acceptors (Lipinski definition) is 4. The molecule has 4 heteroatoms. The molecule has 0 aliphatic carbocycles. The zero-order chi connectivity index (χ0) is 8.39. The zero-order valence-electron chi connectivity index (χ0n) is 6.73. The van der Waals surface area contributed by atoms with Crippen molar-refractivity contribution in [2.45, 2.75) is 18.1 Å². The van der Waals surface area contributed by atoms with Crippen LogP contribution in [-0.2, 0) is 0 Å². The number of nitrogen functional groups attached to an aromatic ring is 1. The Kier molecular flexibility index (Phi) is 2.17.